The molecule has 1 aliphatic rings. The minimum Gasteiger partial charge on any atom is -0.379 e. The van der Waals surface area contributed by atoms with Gasteiger partial charge in [0.05, 0.1) is 28.8 Å². The fourth-order valence-electron chi connectivity index (χ4n) is 2.08. The zero-order valence-corrected chi connectivity index (χ0v) is 10.8. The first-order chi connectivity index (χ1) is 9.61. The largest absolute Gasteiger partial charge is 0.379 e. The van der Waals surface area contributed by atoms with Crippen molar-refractivity contribution in [3.05, 3.63) is 33.9 Å². The quantitative estimate of drug-likeness (QED) is 0.426. The van der Waals surface area contributed by atoms with Gasteiger partial charge in [0.15, 0.2) is 0 Å². The van der Waals surface area contributed by atoms with Gasteiger partial charge in [0.1, 0.15) is 0 Å². The van der Waals surface area contributed by atoms with Crippen LogP contribution < -0.4 is 16.6 Å². The van der Waals surface area contributed by atoms with Crippen molar-refractivity contribution < 1.29 is 14.5 Å². The lowest BCUT2D eigenvalue weighted by molar-refractivity contribution is -0.384. The van der Waals surface area contributed by atoms with E-state index in [1.807, 2.05) is 0 Å². The molecule has 20 heavy (non-hydrogen) atoms. The van der Waals surface area contributed by atoms with Gasteiger partial charge in [-0.1, -0.05) is 0 Å². The molecule has 0 saturated carbocycles. The third-order valence-electron chi connectivity index (χ3n) is 3.11. The predicted molar refractivity (Wildman–Crippen MR) is 72.2 cm³/mol. The molecule has 1 amide bonds. The number of carbonyl (C=O) groups is 1. The van der Waals surface area contributed by atoms with Crippen LogP contribution in [-0.4, -0.2) is 30.1 Å². The Morgan fingerprint density at radius 1 is 1.50 bits per heavy atom. The van der Waals surface area contributed by atoms with Crippen LogP contribution in [0, 0.1) is 10.1 Å². The lowest BCUT2D eigenvalue weighted by Gasteiger charge is -2.23. The molecular formula is C12H16N4O4. The second kappa shape index (κ2) is 6.31. The van der Waals surface area contributed by atoms with E-state index < -0.39 is 10.8 Å². The Morgan fingerprint density at radius 2 is 2.30 bits per heavy atom. The topological polar surface area (TPSA) is 120 Å². The van der Waals surface area contributed by atoms with E-state index in [1.165, 1.54) is 18.2 Å². The van der Waals surface area contributed by atoms with Crippen LogP contribution in [0.25, 0.3) is 0 Å². The third kappa shape index (κ3) is 3.22. The molecule has 1 fully saturated rings. The Morgan fingerprint density at radius 3 is 2.90 bits per heavy atom. The summed E-state index contributed by atoms with van der Waals surface area (Å²) in [5.74, 6) is 4.92. The summed E-state index contributed by atoms with van der Waals surface area (Å²) in [5.41, 5.74) is 2.69. The highest BCUT2D eigenvalue weighted by Crippen LogP contribution is 2.21. The number of amides is 1. The number of nitrogen functional groups attached to an aromatic ring is 1. The standard InChI is InChI=1S/C12H16N4O4/c13-15-11-4-3-9(16(18)19)6-10(11)12(17)14-8-2-1-5-20-7-8/h3-4,6,8,15H,1-2,5,7,13H2,(H,14,17). The van der Waals surface area contributed by atoms with E-state index in [0.29, 0.717) is 18.9 Å². The number of nitro groups is 1. The van der Waals surface area contributed by atoms with E-state index in [4.69, 9.17) is 10.6 Å². The zero-order valence-electron chi connectivity index (χ0n) is 10.8. The number of hydrogen-bond acceptors (Lipinski definition) is 6. The second-order valence-electron chi connectivity index (χ2n) is 4.52. The van der Waals surface area contributed by atoms with Crippen LogP contribution in [0.15, 0.2) is 18.2 Å². The summed E-state index contributed by atoms with van der Waals surface area (Å²) in [5, 5.41) is 13.6. The fraction of sp³-hybridized carbons (Fsp3) is 0.417. The summed E-state index contributed by atoms with van der Waals surface area (Å²) in [6.45, 7) is 1.14. The molecule has 1 saturated heterocycles. The van der Waals surface area contributed by atoms with Gasteiger partial charge in [-0.3, -0.25) is 20.8 Å². The number of rotatable bonds is 4. The van der Waals surface area contributed by atoms with Gasteiger partial charge in [0.25, 0.3) is 11.6 Å². The van der Waals surface area contributed by atoms with Crippen LogP contribution in [-0.2, 0) is 4.74 Å². The Labute approximate surface area is 115 Å². The highest BCUT2D eigenvalue weighted by Gasteiger charge is 2.21. The number of nitro benzene ring substituents is 1. The first-order valence-corrected chi connectivity index (χ1v) is 6.25. The number of hydrazine groups is 1. The van der Waals surface area contributed by atoms with Crippen LogP contribution >= 0.6 is 0 Å². The van der Waals surface area contributed by atoms with Crippen LogP contribution in [0.4, 0.5) is 11.4 Å². The number of ether oxygens (including phenoxy) is 1. The number of nitrogens with zero attached hydrogens (tertiary/aromatic N) is 1. The Balaban J connectivity index is 2.18. The molecule has 0 bridgehead atoms. The van der Waals surface area contributed by atoms with E-state index in [2.05, 4.69) is 10.7 Å². The van der Waals surface area contributed by atoms with Crippen molar-refractivity contribution >= 4 is 17.3 Å². The van der Waals surface area contributed by atoms with Gasteiger partial charge in [-0.2, -0.15) is 0 Å². The minimum atomic E-state index is -0.555. The normalized spacial score (nSPS) is 18.4. The van der Waals surface area contributed by atoms with E-state index in [0.717, 1.165) is 12.8 Å². The number of nitrogens with two attached hydrogens (primary N) is 1. The number of anilines is 1. The third-order valence-corrected chi connectivity index (χ3v) is 3.11. The Bertz CT molecular complexity index is 514. The molecule has 8 nitrogen and oxygen atoms in total. The SMILES string of the molecule is NNc1ccc([N+](=O)[O-])cc1C(=O)NC1CCCOC1. The number of carbonyl (C=O) groups excluding carboxylic acids is 1. The summed E-state index contributed by atoms with van der Waals surface area (Å²) in [6, 6.07) is 3.81. The molecular weight excluding hydrogens is 264 g/mol. The lowest BCUT2D eigenvalue weighted by Crippen LogP contribution is -2.40. The van der Waals surface area contributed by atoms with E-state index in [9.17, 15) is 14.9 Å². The van der Waals surface area contributed by atoms with Gasteiger partial charge < -0.3 is 15.5 Å². The number of benzene rings is 1. The first-order valence-electron chi connectivity index (χ1n) is 6.25. The van der Waals surface area contributed by atoms with Crippen LogP contribution in [0.1, 0.15) is 23.2 Å². The number of nitrogens with one attached hydrogen (secondary N) is 2. The predicted octanol–water partition coefficient (Wildman–Crippen LogP) is 0.789. The molecule has 1 unspecified atom stereocenters. The molecule has 1 aliphatic heterocycles. The molecule has 1 atom stereocenters. The highest BCUT2D eigenvalue weighted by atomic mass is 16.6. The maximum absolute atomic E-state index is 12.2. The van der Waals surface area contributed by atoms with Crippen LogP contribution in [0.2, 0.25) is 0 Å². The van der Waals surface area contributed by atoms with E-state index in [-0.39, 0.29) is 17.3 Å². The van der Waals surface area contributed by atoms with E-state index >= 15 is 0 Å². The zero-order chi connectivity index (χ0) is 14.5. The molecule has 0 aliphatic carbocycles. The monoisotopic (exact) mass is 280 g/mol. The number of non-ortho nitro benzene ring substituents is 1. The van der Waals surface area contributed by atoms with Crippen molar-refractivity contribution in [1.82, 2.24) is 5.32 Å². The van der Waals surface area contributed by atoms with Crippen molar-refractivity contribution in [1.29, 1.82) is 0 Å². The van der Waals surface area contributed by atoms with Crippen LogP contribution in [0.5, 0.6) is 0 Å². The van der Waals surface area contributed by atoms with Gasteiger partial charge >= 0.3 is 0 Å². The summed E-state index contributed by atoms with van der Waals surface area (Å²) in [6.07, 6.45) is 1.70. The average Bonchev–Trinajstić information content (AvgIpc) is 2.47. The first kappa shape index (κ1) is 14.2. The Kier molecular flexibility index (Phi) is 4.49. The maximum Gasteiger partial charge on any atom is 0.270 e. The minimum absolute atomic E-state index is 0.0823. The van der Waals surface area contributed by atoms with Gasteiger partial charge in [0, 0.05) is 18.7 Å². The van der Waals surface area contributed by atoms with Crippen molar-refractivity contribution in [2.75, 3.05) is 18.6 Å². The van der Waals surface area contributed by atoms with E-state index in [1.54, 1.807) is 0 Å². The molecule has 108 valence electrons. The molecule has 0 radical (unpaired) electrons. The van der Waals surface area contributed by atoms with Crippen LogP contribution in [0.3, 0.4) is 0 Å². The summed E-state index contributed by atoms with van der Waals surface area (Å²) in [7, 11) is 0. The molecule has 0 aromatic heterocycles. The number of hydrogen-bond donors (Lipinski definition) is 3. The van der Waals surface area contributed by atoms with Crippen molar-refractivity contribution in [3.63, 3.8) is 0 Å². The van der Waals surface area contributed by atoms with Gasteiger partial charge in [-0.25, -0.2) is 0 Å². The van der Waals surface area contributed by atoms with Crippen molar-refractivity contribution in [2.45, 2.75) is 18.9 Å². The van der Waals surface area contributed by atoms with Crippen molar-refractivity contribution in [3.8, 4) is 0 Å². The molecule has 8 heteroatoms. The molecule has 0 spiro atoms. The summed E-state index contributed by atoms with van der Waals surface area (Å²) in [4.78, 5) is 22.4. The summed E-state index contributed by atoms with van der Waals surface area (Å²) >= 11 is 0. The van der Waals surface area contributed by atoms with Gasteiger partial charge in [-0.05, 0) is 18.9 Å². The highest BCUT2D eigenvalue weighted by molar-refractivity contribution is 6.00. The molecule has 4 N–H and O–H groups in total. The molecule has 2 rings (SSSR count). The fourth-order valence-corrected chi connectivity index (χ4v) is 2.08. The Hall–Kier alpha value is -2.19. The second-order valence-corrected chi connectivity index (χ2v) is 4.52. The smallest absolute Gasteiger partial charge is 0.270 e. The molecule has 1 heterocycles. The average molecular weight is 280 g/mol. The van der Waals surface area contributed by atoms with Gasteiger partial charge in [0.2, 0.25) is 0 Å². The molecule has 1 aromatic rings. The molecule has 1 aromatic carbocycles. The summed E-state index contributed by atoms with van der Waals surface area (Å²) < 4.78 is 5.27. The maximum atomic E-state index is 12.2. The van der Waals surface area contributed by atoms with Gasteiger partial charge in [-0.15, -0.1) is 0 Å². The lowest BCUT2D eigenvalue weighted by atomic mass is 10.1. The van der Waals surface area contributed by atoms with Crippen molar-refractivity contribution in [2.24, 2.45) is 5.84 Å².